The maximum Gasteiger partial charge on any atom is 0.459 e. The summed E-state index contributed by atoms with van der Waals surface area (Å²) in [5.41, 5.74) is -1.39. The van der Waals surface area contributed by atoms with E-state index in [2.05, 4.69) is 10.4 Å². The number of para-hydroxylation sites is 2. The summed E-state index contributed by atoms with van der Waals surface area (Å²) in [6.07, 6.45) is -6.92. The van der Waals surface area contributed by atoms with Gasteiger partial charge >= 0.3 is 18.2 Å². The highest BCUT2D eigenvalue weighted by atomic mass is 19.4. The van der Waals surface area contributed by atoms with E-state index in [9.17, 15) is 26.7 Å². The number of hydrogen-bond donors (Lipinski definition) is 1. The molecule has 28 heavy (non-hydrogen) atoms. The number of benzene rings is 2. The number of rotatable bonds is 4. The molecule has 2 aromatic carbocycles. The van der Waals surface area contributed by atoms with Gasteiger partial charge in [-0.15, -0.1) is 0 Å². The van der Waals surface area contributed by atoms with Crippen LogP contribution >= 0.6 is 0 Å². The van der Waals surface area contributed by atoms with Gasteiger partial charge in [0, 0.05) is 6.07 Å². The number of alkyl halides is 5. The summed E-state index contributed by atoms with van der Waals surface area (Å²) in [7, 11) is 0. The third kappa shape index (κ3) is 3.95. The largest absolute Gasteiger partial charge is 0.459 e. The Morgan fingerprint density at radius 2 is 1.50 bits per heavy atom. The smallest absolute Gasteiger partial charge is 0.410 e. The van der Waals surface area contributed by atoms with Crippen molar-refractivity contribution in [2.45, 2.75) is 12.1 Å². The van der Waals surface area contributed by atoms with Crippen LogP contribution in [0.3, 0.4) is 0 Å². The number of halogens is 5. The first-order chi connectivity index (χ1) is 13.2. The molecule has 10 heteroatoms. The zero-order valence-electron chi connectivity index (χ0n) is 14.0. The molecule has 0 saturated heterocycles. The summed E-state index contributed by atoms with van der Waals surface area (Å²) in [6, 6.07) is 15.8. The minimum Gasteiger partial charge on any atom is -0.410 e. The Morgan fingerprint density at radius 1 is 0.929 bits per heavy atom. The molecule has 5 nitrogen and oxygen atoms in total. The Hall–Kier alpha value is -3.43. The first-order valence-corrected chi connectivity index (χ1v) is 7.83. The highest BCUT2D eigenvalue weighted by Gasteiger charge is 2.60. The predicted molar refractivity (Wildman–Crippen MR) is 89.6 cm³/mol. The van der Waals surface area contributed by atoms with Crippen LogP contribution in [0.4, 0.5) is 32.6 Å². The van der Waals surface area contributed by atoms with Crippen LogP contribution < -0.4 is 10.1 Å². The van der Waals surface area contributed by atoms with E-state index in [1.165, 1.54) is 36.4 Å². The van der Waals surface area contributed by atoms with Crippen molar-refractivity contribution in [1.82, 2.24) is 9.78 Å². The number of ether oxygens (including phenoxy) is 1. The maximum atomic E-state index is 13.7. The lowest BCUT2D eigenvalue weighted by atomic mass is 10.2. The zero-order chi connectivity index (χ0) is 20.4. The molecule has 0 unspecified atom stereocenters. The van der Waals surface area contributed by atoms with E-state index >= 15 is 0 Å². The van der Waals surface area contributed by atoms with E-state index in [1.54, 1.807) is 24.3 Å². The van der Waals surface area contributed by atoms with Gasteiger partial charge in [-0.2, -0.15) is 27.1 Å². The van der Waals surface area contributed by atoms with E-state index < -0.39 is 29.7 Å². The molecule has 0 aliphatic rings. The molecule has 0 atom stereocenters. The average molecular weight is 397 g/mol. The van der Waals surface area contributed by atoms with Gasteiger partial charge < -0.3 is 4.74 Å². The summed E-state index contributed by atoms with van der Waals surface area (Å²) < 4.78 is 71.3. The van der Waals surface area contributed by atoms with Gasteiger partial charge in [-0.05, 0) is 24.3 Å². The number of hydrogen-bond acceptors (Lipinski definition) is 3. The minimum absolute atomic E-state index is 0.159. The lowest BCUT2D eigenvalue weighted by molar-refractivity contribution is -0.291. The van der Waals surface area contributed by atoms with Crippen molar-refractivity contribution in [3.63, 3.8) is 0 Å². The highest BCUT2D eigenvalue weighted by molar-refractivity contribution is 5.85. The van der Waals surface area contributed by atoms with Crippen LogP contribution in [0.5, 0.6) is 5.75 Å². The highest BCUT2D eigenvalue weighted by Crippen LogP contribution is 2.44. The number of carbonyl (C=O) groups excluding carboxylic acids is 1. The summed E-state index contributed by atoms with van der Waals surface area (Å²) in [5.74, 6) is -5.45. The van der Waals surface area contributed by atoms with Gasteiger partial charge in [-0.3, -0.25) is 5.32 Å². The van der Waals surface area contributed by atoms with Gasteiger partial charge in [0.15, 0.2) is 0 Å². The molecule has 0 aliphatic heterocycles. The van der Waals surface area contributed by atoms with Crippen molar-refractivity contribution in [2.75, 3.05) is 5.32 Å². The van der Waals surface area contributed by atoms with Crippen molar-refractivity contribution in [1.29, 1.82) is 0 Å². The quantitative estimate of drug-likeness (QED) is 0.621. The first kappa shape index (κ1) is 19.3. The minimum atomic E-state index is -5.84. The van der Waals surface area contributed by atoms with Crippen molar-refractivity contribution < 1.29 is 31.5 Å². The summed E-state index contributed by atoms with van der Waals surface area (Å²) >= 11 is 0. The number of nitrogens with one attached hydrogen (secondary N) is 1. The third-order valence-electron chi connectivity index (χ3n) is 3.57. The second-order valence-electron chi connectivity index (χ2n) is 5.56. The molecule has 146 valence electrons. The van der Waals surface area contributed by atoms with Crippen LogP contribution in [0.1, 0.15) is 5.69 Å². The second-order valence-corrected chi connectivity index (χ2v) is 5.56. The van der Waals surface area contributed by atoms with Crippen LogP contribution in [0.15, 0.2) is 66.7 Å². The van der Waals surface area contributed by atoms with Crippen molar-refractivity contribution >= 4 is 11.9 Å². The monoisotopic (exact) mass is 397 g/mol. The lowest BCUT2D eigenvalue weighted by Gasteiger charge is -2.16. The standard InChI is InChI=1S/C18H12F5N3O2/c19-17(20,18(21,22)23)14-11-15(26(25-14)12-7-3-1-4-8-12)24-16(27)28-13-9-5-2-6-10-13/h1-11H,(H,24,27). The fourth-order valence-corrected chi connectivity index (χ4v) is 2.26. The summed E-state index contributed by atoms with van der Waals surface area (Å²) in [5, 5.41) is 5.50. The number of amides is 1. The fraction of sp³-hybridized carbons (Fsp3) is 0.111. The topological polar surface area (TPSA) is 56.2 Å². The predicted octanol–water partition coefficient (Wildman–Crippen LogP) is 5.14. The molecule has 1 aromatic heterocycles. The molecule has 0 saturated carbocycles. The van der Waals surface area contributed by atoms with E-state index in [0.717, 1.165) is 4.68 Å². The maximum absolute atomic E-state index is 13.7. The van der Waals surface area contributed by atoms with Gasteiger partial charge in [-0.25, -0.2) is 9.48 Å². The molecular weight excluding hydrogens is 385 g/mol. The zero-order valence-corrected chi connectivity index (χ0v) is 14.0. The Morgan fingerprint density at radius 3 is 2.07 bits per heavy atom. The summed E-state index contributed by atoms with van der Waals surface area (Å²) in [6.45, 7) is 0. The molecule has 0 radical (unpaired) electrons. The van der Waals surface area contributed by atoms with Crippen molar-refractivity contribution in [3.05, 3.63) is 72.4 Å². The molecule has 0 bridgehead atoms. The Bertz CT molecular complexity index is 956. The van der Waals surface area contributed by atoms with Crippen molar-refractivity contribution in [3.8, 4) is 11.4 Å². The molecular formula is C18H12F5N3O2. The summed E-state index contributed by atoms with van der Waals surface area (Å²) in [4.78, 5) is 12.0. The molecule has 1 amide bonds. The molecule has 0 spiro atoms. The van der Waals surface area contributed by atoms with E-state index in [1.807, 2.05) is 0 Å². The van der Waals surface area contributed by atoms with Crippen LogP contribution in [-0.4, -0.2) is 22.1 Å². The number of aromatic nitrogens is 2. The third-order valence-corrected chi connectivity index (χ3v) is 3.57. The molecule has 3 aromatic rings. The number of carbonyl (C=O) groups is 1. The SMILES string of the molecule is O=C(Nc1cc(C(F)(F)C(F)(F)F)nn1-c1ccccc1)Oc1ccccc1. The lowest BCUT2D eigenvalue weighted by Crippen LogP contribution is -2.34. The van der Waals surface area contributed by atoms with Crippen LogP contribution in [0.2, 0.25) is 0 Å². The molecule has 0 fully saturated rings. The van der Waals surface area contributed by atoms with Crippen LogP contribution in [0.25, 0.3) is 5.69 Å². The molecule has 0 aliphatic carbocycles. The number of anilines is 1. The normalized spacial score (nSPS) is 11.9. The first-order valence-electron chi connectivity index (χ1n) is 7.83. The Kier molecular flexibility index (Phi) is 5.04. The van der Waals surface area contributed by atoms with Crippen LogP contribution in [-0.2, 0) is 5.92 Å². The van der Waals surface area contributed by atoms with E-state index in [0.29, 0.717) is 6.07 Å². The molecule has 3 rings (SSSR count). The Balaban J connectivity index is 1.96. The van der Waals surface area contributed by atoms with E-state index in [-0.39, 0.29) is 11.4 Å². The second kappa shape index (κ2) is 7.29. The van der Waals surface area contributed by atoms with E-state index in [4.69, 9.17) is 4.74 Å². The molecule has 1 N–H and O–H groups in total. The van der Waals surface area contributed by atoms with Gasteiger partial charge in [0.25, 0.3) is 0 Å². The van der Waals surface area contributed by atoms with Gasteiger partial charge in [0.05, 0.1) is 5.69 Å². The van der Waals surface area contributed by atoms with Crippen molar-refractivity contribution in [2.24, 2.45) is 0 Å². The molecule has 1 heterocycles. The number of nitrogens with zero attached hydrogens (tertiary/aromatic N) is 2. The van der Waals surface area contributed by atoms with Gasteiger partial charge in [0.1, 0.15) is 17.3 Å². The van der Waals surface area contributed by atoms with Gasteiger partial charge in [-0.1, -0.05) is 36.4 Å². The van der Waals surface area contributed by atoms with Gasteiger partial charge in [0.2, 0.25) is 0 Å². The fourth-order valence-electron chi connectivity index (χ4n) is 2.26. The average Bonchev–Trinajstić information content (AvgIpc) is 3.06. The Labute approximate surface area is 155 Å². The van der Waals surface area contributed by atoms with Crippen LogP contribution in [0, 0.1) is 0 Å².